The van der Waals surface area contributed by atoms with Gasteiger partial charge in [0, 0.05) is 6.26 Å². The van der Waals surface area contributed by atoms with Crippen molar-refractivity contribution in [3.05, 3.63) is 23.8 Å². The fraction of sp³-hybridized carbons (Fsp3) is 0.625. The van der Waals surface area contributed by atoms with Crippen LogP contribution < -0.4 is 4.74 Å². The summed E-state index contributed by atoms with van der Waals surface area (Å²) in [5.74, 6) is 1.06. The van der Waals surface area contributed by atoms with Crippen LogP contribution in [0.2, 0.25) is 0 Å². The number of sulfone groups is 1. The van der Waals surface area contributed by atoms with E-state index in [0.717, 1.165) is 12.0 Å². The van der Waals surface area contributed by atoms with E-state index in [9.17, 15) is 8.42 Å². The highest BCUT2D eigenvalue weighted by Gasteiger charge is 2.15. The van der Waals surface area contributed by atoms with Gasteiger partial charge in [0.1, 0.15) is 5.75 Å². The number of unbranched alkanes of at least 4 members (excludes halogenated alkanes) is 3. The molecular formula is C16H26O3S. The number of methoxy groups -OCH3 is 1. The molecule has 0 spiro atoms. The number of hydrogen-bond acceptors (Lipinski definition) is 3. The van der Waals surface area contributed by atoms with E-state index in [2.05, 4.69) is 13.8 Å². The molecule has 0 aliphatic carbocycles. The summed E-state index contributed by atoms with van der Waals surface area (Å²) in [6.45, 7) is 4.38. The molecule has 4 heteroatoms. The minimum Gasteiger partial charge on any atom is -0.496 e. The van der Waals surface area contributed by atoms with Gasteiger partial charge in [0.25, 0.3) is 0 Å². The molecule has 1 unspecified atom stereocenters. The first-order valence-electron chi connectivity index (χ1n) is 7.28. The number of rotatable bonds is 8. The summed E-state index contributed by atoms with van der Waals surface area (Å²) in [5.41, 5.74) is 1.09. The molecule has 20 heavy (non-hydrogen) atoms. The lowest BCUT2D eigenvalue weighted by Gasteiger charge is -2.16. The van der Waals surface area contributed by atoms with Gasteiger partial charge in [-0.1, -0.05) is 45.6 Å². The van der Waals surface area contributed by atoms with Crippen molar-refractivity contribution in [1.29, 1.82) is 0 Å². The van der Waals surface area contributed by atoms with E-state index in [1.165, 1.54) is 31.9 Å². The summed E-state index contributed by atoms with van der Waals surface area (Å²) < 4.78 is 28.5. The Kier molecular flexibility index (Phi) is 6.53. The van der Waals surface area contributed by atoms with Gasteiger partial charge in [-0.3, -0.25) is 0 Å². The Labute approximate surface area is 123 Å². The van der Waals surface area contributed by atoms with E-state index < -0.39 is 9.84 Å². The van der Waals surface area contributed by atoms with Crippen LogP contribution >= 0.6 is 0 Å². The van der Waals surface area contributed by atoms with Gasteiger partial charge < -0.3 is 4.74 Å². The van der Waals surface area contributed by atoms with Gasteiger partial charge in [-0.2, -0.15) is 0 Å². The van der Waals surface area contributed by atoms with Crippen molar-refractivity contribution in [2.24, 2.45) is 0 Å². The van der Waals surface area contributed by atoms with Crippen LogP contribution in [0.3, 0.4) is 0 Å². The van der Waals surface area contributed by atoms with Gasteiger partial charge in [0.2, 0.25) is 0 Å². The Hall–Kier alpha value is -1.03. The van der Waals surface area contributed by atoms with Crippen molar-refractivity contribution < 1.29 is 13.2 Å². The maximum atomic E-state index is 11.6. The summed E-state index contributed by atoms with van der Waals surface area (Å²) in [5, 5.41) is 0. The third-order valence-corrected chi connectivity index (χ3v) is 4.76. The topological polar surface area (TPSA) is 43.4 Å². The molecule has 0 saturated heterocycles. The molecule has 0 bridgehead atoms. The molecule has 0 fully saturated rings. The van der Waals surface area contributed by atoms with Crippen LogP contribution in [0.5, 0.6) is 5.75 Å². The standard InChI is InChI=1S/C16H26O3S/c1-5-6-7-8-9-13(2)15-11-10-14(20(4,17)18)12-16(15)19-3/h10-13H,5-9H2,1-4H3. The quantitative estimate of drug-likeness (QED) is 0.676. The maximum absolute atomic E-state index is 11.6. The predicted octanol–water partition coefficient (Wildman–Crippen LogP) is 4.17. The minimum atomic E-state index is -3.18. The molecule has 0 aliphatic heterocycles. The average Bonchev–Trinajstić information content (AvgIpc) is 2.41. The lowest BCUT2D eigenvalue weighted by atomic mass is 9.94. The molecule has 0 amide bonds. The molecule has 0 radical (unpaired) electrons. The highest BCUT2D eigenvalue weighted by atomic mass is 32.2. The van der Waals surface area contributed by atoms with E-state index in [1.54, 1.807) is 19.2 Å². The predicted molar refractivity (Wildman–Crippen MR) is 83.3 cm³/mol. The van der Waals surface area contributed by atoms with Gasteiger partial charge in [-0.15, -0.1) is 0 Å². The molecule has 114 valence electrons. The third-order valence-electron chi connectivity index (χ3n) is 3.65. The summed E-state index contributed by atoms with van der Waals surface area (Å²) in [7, 11) is -1.59. The van der Waals surface area contributed by atoms with Crippen LogP contribution in [-0.4, -0.2) is 21.8 Å². The first-order chi connectivity index (χ1) is 9.40. The van der Waals surface area contributed by atoms with Crippen molar-refractivity contribution in [3.8, 4) is 5.75 Å². The monoisotopic (exact) mass is 298 g/mol. The summed E-state index contributed by atoms with van der Waals surface area (Å²) >= 11 is 0. The Morgan fingerprint density at radius 3 is 2.45 bits per heavy atom. The highest BCUT2D eigenvalue weighted by molar-refractivity contribution is 7.90. The molecule has 0 saturated carbocycles. The largest absolute Gasteiger partial charge is 0.496 e. The molecule has 3 nitrogen and oxygen atoms in total. The summed E-state index contributed by atoms with van der Waals surface area (Å²) in [6.07, 6.45) is 7.29. The Bertz CT molecular complexity index is 521. The Balaban J connectivity index is 2.84. The molecule has 1 rings (SSSR count). The van der Waals surface area contributed by atoms with E-state index in [-0.39, 0.29) is 0 Å². The van der Waals surface area contributed by atoms with Gasteiger partial charge >= 0.3 is 0 Å². The molecule has 0 N–H and O–H groups in total. The molecule has 0 aromatic heterocycles. The third kappa shape index (κ3) is 4.82. The second kappa shape index (κ2) is 7.67. The average molecular weight is 298 g/mol. The molecule has 0 heterocycles. The van der Waals surface area contributed by atoms with Gasteiger partial charge in [0.15, 0.2) is 9.84 Å². The number of hydrogen-bond donors (Lipinski definition) is 0. The highest BCUT2D eigenvalue weighted by Crippen LogP contribution is 2.32. The van der Waals surface area contributed by atoms with E-state index in [4.69, 9.17) is 4.74 Å². The van der Waals surface area contributed by atoms with E-state index in [1.807, 2.05) is 6.07 Å². The molecule has 1 aromatic carbocycles. The Morgan fingerprint density at radius 1 is 1.20 bits per heavy atom. The van der Waals surface area contributed by atoms with E-state index >= 15 is 0 Å². The molecule has 1 aromatic rings. The maximum Gasteiger partial charge on any atom is 0.175 e. The Morgan fingerprint density at radius 2 is 1.90 bits per heavy atom. The zero-order chi connectivity index (χ0) is 15.2. The van der Waals surface area contributed by atoms with Crippen LogP contribution in [0.15, 0.2) is 23.1 Å². The van der Waals surface area contributed by atoms with Crippen molar-refractivity contribution in [1.82, 2.24) is 0 Å². The van der Waals surface area contributed by atoms with Crippen LogP contribution in [0.25, 0.3) is 0 Å². The lowest BCUT2D eigenvalue weighted by Crippen LogP contribution is -2.02. The van der Waals surface area contributed by atoms with Crippen molar-refractivity contribution in [3.63, 3.8) is 0 Å². The van der Waals surface area contributed by atoms with Gasteiger partial charge in [-0.05, 0) is 30.0 Å². The van der Waals surface area contributed by atoms with Crippen LogP contribution in [0.4, 0.5) is 0 Å². The van der Waals surface area contributed by atoms with E-state index in [0.29, 0.717) is 16.6 Å². The zero-order valence-corrected chi connectivity index (χ0v) is 13.8. The van der Waals surface area contributed by atoms with Gasteiger partial charge in [-0.25, -0.2) is 8.42 Å². The zero-order valence-electron chi connectivity index (χ0n) is 13.0. The second-order valence-electron chi connectivity index (χ2n) is 5.43. The molecule has 1 atom stereocenters. The summed E-state index contributed by atoms with van der Waals surface area (Å²) in [6, 6.07) is 5.20. The van der Waals surface area contributed by atoms with Crippen LogP contribution in [0, 0.1) is 0 Å². The summed E-state index contributed by atoms with van der Waals surface area (Å²) in [4.78, 5) is 0.316. The lowest BCUT2D eigenvalue weighted by molar-refractivity contribution is 0.403. The minimum absolute atomic E-state index is 0.316. The van der Waals surface area contributed by atoms with Crippen molar-refractivity contribution in [2.45, 2.75) is 56.8 Å². The smallest absolute Gasteiger partial charge is 0.175 e. The van der Waals surface area contributed by atoms with Crippen molar-refractivity contribution in [2.75, 3.05) is 13.4 Å². The normalized spacial score (nSPS) is 13.2. The second-order valence-corrected chi connectivity index (χ2v) is 7.44. The molecular weight excluding hydrogens is 272 g/mol. The SMILES string of the molecule is CCCCCCC(C)c1ccc(S(C)(=O)=O)cc1OC. The van der Waals surface area contributed by atoms with Crippen molar-refractivity contribution >= 4 is 9.84 Å². The van der Waals surface area contributed by atoms with Crippen LogP contribution in [0.1, 0.15) is 57.4 Å². The van der Waals surface area contributed by atoms with Gasteiger partial charge in [0.05, 0.1) is 12.0 Å². The molecule has 0 aliphatic rings. The first-order valence-corrected chi connectivity index (χ1v) is 9.17. The fourth-order valence-electron chi connectivity index (χ4n) is 2.36. The fourth-order valence-corrected chi connectivity index (χ4v) is 3.00. The number of benzene rings is 1. The number of ether oxygens (including phenoxy) is 1. The van der Waals surface area contributed by atoms with Crippen LogP contribution in [-0.2, 0) is 9.84 Å². The first kappa shape index (κ1) is 17.0.